The molecule has 2 aromatic heterocycles. The number of para-hydroxylation sites is 1. The van der Waals surface area contributed by atoms with Crippen LogP contribution in [0.25, 0.3) is 27.0 Å². The lowest BCUT2D eigenvalue weighted by atomic mass is 10.0. The highest BCUT2D eigenvalue weighted by Gasteiger charge is 2.26. The molecule has 2 aromatic carbocycles. The summed E-state index contributed by atoms with van der Waals surface area (Å²) < 4.78 is 4.01. The first-order valence-electron chi connectivity index (χ1n) is 10.8. The molecule has 0 N–H and O–H groups in total. The SMILES string of the molecule is C[C@H]1CCCCN1C(=O)Cn1c(=O)c2ccccc2n2c(=S)sc(-c3ccc(Cl)cc3Cl)c12. The van der Waals surface area contributed by atoms with Gasteiger partial charge in [-0.2, -0.15) is 0 Å². The van der Waals surface area contributed by atoms with Gasteiger partial charge in [0.2, 0.25) is 5.91 Å². The molecule has 1 atom stereocenters. The zero-order valence-corrected chi connectivity index (χ0v) is 21.0. The Bertz CT molecular complexity index is 1520. The molecule has 33 heavy (non-hydrogen) atoms. The van der Waals surface area contributed by atoms with Gasteiger partial charge in [-0.05, 0) is 62.7 Å². The number of rotatable bonds is 3. The molecule has 0 spiro atoms. The van der Waals surface area contributed by atoms with Gasteiger partial charge in [-0.1, -0.05) is 41.4 Å². The van der Waals surface area contributed by atoms with Gasteiger partial charge in [0.15, 0.2) is 3.95 Å². The van der Waals surface area contributed by atoms with Crippen LogP contribution in [0.4, 0.5) is 0 Å². The van der Waals surface area contributed by atoms with E-state index in [1.54, 1.807) is 22.8 Å². The summed E-state index contributed by atoms with van der Waals surface area (Å²) in [6, 6.07) is 12.8. The van der Waals surface area contributed by atoms with Crippen LogP contribution in [0.15, 0.2) is 47.3 Å². The lowest BCUT2D eigenvalue weighted by molar-refractivity contribution is -0.135. The molecule has 1 fully saturated rings. The summed E-state index contributed by atoms with van der Waals surface area (Å²) >= 11 is 19.8. The Kier molecular flexibility index (Phi) is 6.07. The van der Waals surface area contributed by atoms with E-state index in [0.29, 0.717) is 37.1 Å². The van der Waals surface area contributed by atoms with Crippen molar-refractivity contribution in [3.05, 3.63) is 66.8 Å². The number of amides is 1. The maximum absolute atomic E-state index is 13.7. The van der Waals surface area contributed by atoms with Crippen molar-refractivity contribution < 1.29 is 4.79 Å². The Labute approximate surface area is 209 Å². The largest absolute Gasteiger partial charge is 0.338 e. The van der Waals surface area contributed by atoms with Crippen LogP contribution in [0.5, 0.6) is 0 Å². The second-order valence-electron chi connectivity index (χ2n) is 8.32. The third kappa shape index (κ3) is 3.91. The molecular weight excluding hydrogens is 497 g/mol. The first-order chi connectivity index (χ1) is 15.9. The first-order valence-corrected chi connectivity index (χ1v) is 12.8. The molecule has 5 nitrogen and oxygen atoms in total. The van der Waals surface area contributed by atoms with Crippen LogP contribution in [0.2, 0.25) is 10.0 Å². The fourth-order valence-corrected chi connectivity index (χ4v) is 6.63. The highest BCUT2D eigenvalue weighted by atomic mass is 35.5. The number of halogens is 2. The lowest BCUT2D eigenvalue weighted by Crippen LogP contribution is -2.44. The molecule has 4 aromatic rings. The smallest absolute Gasteiger partial charge is 0.262 e. The zero-order valence-electron chi connectivity index (χ0n) is 17.9. The van der Waals surface area contributed by atoms with E-state index in [1.165, 1.54) is 11.3 Å². The van der Waals surface area contributed by atoms with Gasteiger partial charge in [0.1, 0.15) is 12.2 Å². The normalized spacial score (nSPS) is 16.6. The van der Waals surface area contributed by atoms with E-state index in [0.717, 1.165) is 29.7 Å². The minimum absolute atomic E-state index is 0.0543. The van der Waals surface area contributed by atoms with Crippen molar-refractivity contribution in [2.45, 2.75) is 38.8 Å². The van der Waals surface area contributed by atoms with E-state index in [-0.39, 0.29) is 24.1 Å². The third-order valence-electron chi connectivity index (χ3n) is 6.26. The van der Waals surface area contributed by atoms with E-state index >= 15 is 0 Å². The van der Waals surface area contributed by atoms with Crippen molar-refractivity contribution in [2.24, 2.45) is 0 Å². The maximum Gasteiger partial charge on any atom is 0.262 e. The maximum atomic E-state index is 13.7. The number of benzene rings is 2. The van der Waals surface area contributed by atoms with E-state index in [9.17, 15) is 9.59 Å². The summed E-state index contributed by atoms with van der Waals surface area (Å²) in [7, 11) is 0. The summed E-state index contributed by atoms with van der Waals surface area (Å²) in [6.07, 6.45) is 3.07. The molecule has 5 rings (SSSR count). The molecule has 1 saturated heterocycles. The van der Waals surface area contributed by atoms with Gasteiger partial charge in [0.05, 0.1) is 20.8 Å². The molecule has 0 bridgehead atoms. The van der Waals surface area contributed by atoms with Crippen LogP contribution in [0, 0.1) is 3.95 Å². The Balaban J connectivity index is 1.79. The van der Waals surface area contributed by atoms with Crippen molar-refractivity contribution in [1.82, 2.24) is 13.9 Å². The number of thiazole rings is 1. The average Bonchev–Trinajstić information content (AvgIpc) is 3.13. The van der Waals surface area contributed by atoms with Gasteiger partial charge in [-0.3, -0.25) is 18.6 Å². The molecule has 1 aliphatic heterocycles. The second kappa shape index (κ2) is 8.87. The van der Waals surface area contributed by atoms with Crippen molar-refractivity contribution in [3.8, 4) is 10.4 Å². The average molecular weight is 518 g/mol. The number of aromatic nitrogens is 2. The molecule has 0 radical (unpaired) electrons. The molecule has 3 heterocycles. The van der Waals surface area contributed by atoms with Gasteiger partial charge in [-0.15, -0.1) is 11.3 Å². The summed E-state index contributed by atoms with van der Waals surface area (Å²) in [5, 5.41) is 1.50. The van der Waals surface area contributed by atoms with Crippen molar-refractivity contribution in [3.63, 3.8) is 0 Å². The topological polar surface area (TPSA) is 46.7 Å². The molecule has 0 saturated carbocycles. The van der Waals surface area contributed by atoms with Crippen LogP contribution >= 0.6 is 46.8 Å². The van der Waals surface area contributed by atoms with E-state index in [4.69, 9.17) is 35.4 Å². The van der Waals surface area contributed by atoms with Gasteiger partial charge in [0, 0.05) is 23.2 Å². The van der Waals surface area contributed by atoms with E-state index in [2.05, 4.69) is 6.92 Å². The number of fused-ring (bicyclic) bond motifs is 3. The Hall–Kier alpha value is -2.19. The fourth-order valence-electron chi connectivity index (χ4n) is 4.60. The van der Waals surface area contributed by atoms with Crippen LogP contribution in [0.3, 0.4) is 0 Å². The molecule has 0 aliphatic carbocycles. The summed E-state index contributed by atoms with van der Waals surface area (Å²) in [5.41, 5.74) is 1.80. The minimum atomic E-state index is -0.220. The van der Waals surface area contributed by atoms with E-state index in [1.807, 2.05) is 33.6 Å². The van der Waals surface area contributed by atoms with Crippen molar-refractivity contribution in [2.75, 3.05) is 6.54 Å². The molecular formula is C24H21Cl2N3O2S2. The molecule has 0 unspecified atom stereocenters. The van der Waals surface area contributed by atoms with E-state index < -0.39 is 0 Å². The third-order valence-corrected chi connectivity index (χ3v) is 8.20. The predicted octanol–water partition coefficient (Wildman–Crippen LogP) is 6.42. The van der Waals surface area contributed by atoms with Crippen LogP contribution in [0.1, 0.15) is 26.2 Å². The van der Waals surface area contributed by atoms with Gasteiger partial charge in [0.25, 0.3) is 5.56 Å². The van der Waals surface area contributed by atoms with Crippen molar-refractivity contribution in [1.29, 1.82) is 0 Å². The van der Waals surface area contributed by atoms with Crippen LogP contribution in [-0.2, 0) is 11.3 Å². The predicted molar refractivity (Wildman–Crippen MR) is 138 cm³/mol. The highest BCUT2D eigenvalue weighted by Crippen LogP contribution is 2.38. The molecule has 170 valence electrons. The lowest BCUT2D eigenvalue weighted by Gasteiger charge is -2.33. The van der Waals surface area contributed by atoms with Gasteiger partial charge >= 0.3 is 0 Å². The van der Waals surface area contributed by atoms with Gasteiger partial charge < -0.3 is 4.90 Å². The summed E-state index contributed by atoms with van der Waals surface area (Å²) in [4.78, 5) is 29.7. The quantitative estimate of drug-likeness (QED) is 0.294. The zero-order chi connectivity index (χ0) is 23.3. The summed E-state index contributed by atoms with van der Waals surface area (Å²) in [6.45, 7) is 2.72. The Morgan fingerprint density at radius 3 is 2.73 bits per heavy atom. The minimum Gasteiger partial charge on any atom is -0.338 e. The standard InChI is InChI=1S/C24H21Cl2N3O2S2/c1-14-6-4-5-11-27(14)20(30)13-28-22-21(16-10-9-15(25)12-18(16)26)33-24(32)29(22)19-8-3-2-7-17(19)23(28)31/h2-3,7-10,12,14H,4-6,11,13H2,1H3/t14-/m0/s1. The molecule has 1 amide bonds. The number of hydrogen-bond acceptors (Lipinski definition) is 4. The summed E-state index contributed by atoms with van der Waals surface area (Å²) in [5.74, 6) is -0.0632. The number of carbonyl (C=O) groups excluding carboxylic acids is 1. The van der Waals surface area contributed by atoms with Crippen LogP contribution in [-0.4, -0.2) is 32.4 Å². The Morgan fingerprint density at radius 2 is 1.97 bits per heavy atom. The van der Waals surface area contributed by atoms with Crippen LogP contribution < -0.4 is 5.56 Å². The Morgan fingerprint density at radius 1 is 1.18 bits per heavy atom. The second-order valence-corrected chi connectivity index (χ2v) is 10.8. The van der Waals surface area contributed by atoms with Gasteiger partial charge in [-0.25, -0.2) is 0 Å². The molecule has 9 heteroatoms. The number of piperidine rings is 1. The first kappa shape index (κ1) is 22.6. The monoisotopic (exact) mass is 517 g/mol. The molecule has 1 aliphatic rings. The number of hydrogen-bond donors (Lipinski definition) is 0. The number of likely N-dealkylation sites (tertiary alicyclic amines) is 1. The number of carbonyl (C=O) groups is 1. The highest BCUT2D eigenvalue weighted by molar-refractivity contribution is 7.73. The number of nitrogens with zero attached hydrogens (tertiary/aromatic N) is 3. The van der Waals surface area contributed by atoms with Crippen molar-refractivity contribution >= 4 is 69.2 Å². The fraction of sp³-hybridized carbons (Fsp3) is 0.292.